The van der Waals surface area contributed by atoms with Gasteiger partial charge in [-0.2, -0.15) is 0 Å². The van der Waals surface area contributed by atoms with E-state index in [2.05, 4.69) is 26.1 Å². The lowest BCUT2D eigenvalue weighted by atomic mass is 9.77. The van der Waals surface area contributed by atoms with E-state index < -0.39 is 11.7 Å². The number of carbonyl (C=O) groups is 1. The lowest BCUT2D eigenvalue weighted by Crippen LogP contribution is -2.42. The summed E-state index contributed by atoms with van der Waals surface area (Å²) >= 11 is 0. The molecule has 0 spiro atoms. The topological polar surface area (TPSA) is 58.6 Å². The van der Waals surface area contributed by atoms with E-state index in [4.69, 9.17) is 4.74 Å². The molecule has 2 unspecified atom stereocenters. The summed E-state index contributed by atoms with van der Waals surface area (Å²) in [6.07, 6.45) is 3.64. The monoisotopic (exact) mass is 287 g/mol. The molecule has 0 radical (unpaired) electrons. The molecular formula is C16H33NO3. The summed E-state index contributed by atoms with van der Waals surface area (Å²) in [6.45, 7) is 12.5. The van der Waals surface area contributed by atoms with E-state index in [9.17, 15) is 9.90 Å². The second kappa shape index (κ2) is 8.50. The molecule has 0 saturated heterocycles. The van der Waals surface area contributed by atoms with Gasteiger partial charge in [0.25, 0.3) is 0 Å². The fourth-order valence-electron chi connectivity index (χ4n) is 2.48. The van der Waals surface area contributed by atoms with Crippen LogP contribution in [0.5, 0.6) is 0 Å². The zero-order valence-corrected chi connectivity index (χ0v) is 14.1. The molecule has 0 aliphatic rings. The van der Waals surface area contributed by atoms with Crippen molar-refractivity contribution in [1.82, 2.24) is 5.32 Å². The van der Waals surface area contributed by atoms with Crippen molar-refractivity contribution in [1.29, 1.82) is 0 Å². The molecule has 4 nitrogen and oxygen atoms in total. The summed E-state index contributed by atoms with van der Waals surface area (Å²) in [4.78, 5) is 11.7. The maximum Gasteiger partial charge on any atom is 0.407 e. The Kier molecular flexibility index (Phi) is 8.17. The second-order valence-electron chi connectivity index (χ2n) is 6.97. The van der Waals surface area contributed by atoms with Crippen LogP contribution >= 0.6 is 0 Å². The molecule has 2 atom stereocenters. The summed E-state index contributed by atoms with van der Waals surface area (Å²) in [5.41, 5.74) is -0.737. The van der Waals surface area contributed by atoms with Gasteiger partial charge in [-0.3, -0.25) is 0 Å². The van der Waals surface area contributed by atoms with E-state index in [0.29, 0.717) is 12.5 Å². The number of amides is 1. The maximum absolute atomic E-state index is 11.7. The van der Waals surface area contributed by atoms with Gasteiger partial charge >= 0.3 is 6.09 Å². The SMILES string of the molecule is CCCC(C)CC(CC)(CO)CNC(=O)OC(C)(C)C. The van der Waals surface area contributed by atoms with Crippen molar-refractivity contribution in [2.75, 3.05) is 13.2 Å². The van der Waals surface area contributed by atoms with E-state index in [1.807, 2.05) is 20.8 Å². The molecule has 0 bridgehead atoms. The highest BCUT2D eigenvalue weighted by molar-refractivity contribution is 5.67. The number of rotatable bonds is 8. The Labute approximate surface area is 124 Å². The molecule has 4 heteroatoms. The van der Waals surface area contributed by atoms with Gasteiger partial charge in [-0.05, 0) is 39.5 Å². The average Bonchev–Trinajstić information content (AvgIpc) is 2.33. The quantitative estimate of drug-likeness (QED) is 0.715. The first-order chi connectivity index (χ1) is 9.18. The Balaban J connectivity index is 4.49. The molecule has 0 aliphatic heterocycles. The van der Waals surface area contributed by atoms with Gasteiger partial charge in [0.05, 0.1) is 6.61 Å². The molecule has 120 valence electrons. The number of aliphatic hydroxyl groups is 1. The number of nitrogens with one attached hydrogen (secondary N) is 1. The van der Waals surface area contributed by atoms with Crippen LogP contribution in [0, 0.1) is 11.3 Å². The summed E-state index contributed by atoms with van der Waals surface area (Å²) in [6, 6.07) is 0. The number of carbonyl (C=O) groups excluding carboxylic acids is 1. The second-order valence-corrected chi connectivity index (χ2v) is 6.97. The number of aliphatic hydroxyl groups excluding tert-OH is 1. The Bertz CT molecular complexity index is 280. The third kappa shape index (κ3) is 7.73. The van der Waals surface area contributed by atoms with Crippen LogP contribution in [0.2, 0.25) is 0 Å². The highest BCUT2D eigenvalue weighted by atomic mass is 16.6. The Morgan fingerprint density at radius 1 is 1.30 bits per heavy atom. The Hall–Kier alpha value is -0.770. The fourth-order valence-corrected chi connectivity index (χ4v) is 2.48. The normalized spacial score (nSPS) is 16.4. The van der Waals surface area contributed by atoms with Crippen LogP contribution in [-0.2, 0) is 4.74 Å². The third-order valence-corrected chi connectivity index (χ3v) is 3.65. The maximum atomic E-state index is 11.7. The molecule has 2 N–H and O–H groups in total. The number of hydrogen-bond acceptors (Lipinski definition) is 3. The van der Waals surface area contributed by atoms with E-state index in [1.165, 1.54) is 0 Å². The summed E-state index contributed by atoms with van der Waals surface area (Å²) in [5, 5.41) is 12.6. The van der Waals surface area contributed by atoms with Gasteiger partial charge < -0.3 is 15.2 Å². The highest BCUT2D eigenvalue weighted by Crippen LogP contribution is 2.31. The highest BCUT2D eigenvalue weighted by Gasteiger charge is 2.30. The molecule has 0 aromatic carbocycles. The van der Waals surface area contributed by atoms with Crippen molar-refractivity contribution in [2.45, 2.75) is 72.8 Å². The number of hydrogen-bond donors (Lipinski definition) is 2. The predicted octanol–water partition coefficient (Wildman–Crippen LogP) is 3.73. The minimum atomic E-state index is -0.492. The van der Waals surface area contributed by atoms with Crippen LogP contribution in [0.3, 0.4) is 0 Å². The molecule has 0 rings (SSSR count). The molecule has 0 fully saturated rings. The first kappa shape index (κ1) is 19.2. The van der Waals surface area contributed by atoms with Crippen LogP contribution in [0.25, 0.3) is 0 Å². The minimum absolute atomic E-state index is 0.0906. The molecule has 0 aromatic rings. The van der Waals surface area contributed by atoms with Gasteiger partial charge in [0.2, 0.25) is 0 Å². The molecule has 0 aliphatic carbocycles. The van der Waals surface area contributed by atoms with Gasteiger partial charge in [0.15, 0.2) is 0 Å². The molecule has 0 heterocycles. The summed E-state index contributed by atoms with van der Waals surface area (Å²) < 4.78 is 5.24. The van der Waals surface area contributed by atoms with Crippen LogP contribution in [0.1, 0.15) is 67.2 Å². The minimum Gasteiger partial charge on any atom is -0.444 e. The van der Waals surface area contributed by atoms with Crippen LogP contribution in [0.4, 0.5) is 4.79 Å². The predicted molar refractivity (Wildman–Crippen MR) is 82.7 cm³/mol. The van der Waals surface area contributed by atoms with Crippen LogP contribution in [0.15, 0.2) is 0 Å². The Morgan fingerprint density at radius 2 is 1.90 bits per heavy atom. The van der Waals surface area contributed by atoms with Crippen molar-refractivity contribution in [3.05, 3.63) is 0 Å². The summed E-state index contributed by atoms with van der Waals surface area (Å²) in [5.74, 6) is 0.549. The van der Waals surface area contributed by atoms with Crippen molar-refractivity contribution < 1.29 is 14.6 Å². The van der Waals surface area contributed by atoms with Crippen molar-refractivity contribution in [2.24, 2.45) is 11.3 Å². The van der Waals surface area contributed by atoms with Crippen molar-refractivity contribution >= 4 is 6.09 Å². The molecule has 1 amide bonds. The lowest BCUT2D eigenvalue weighted by Gasteiger charge is -2.34. The lowest BCUT2D eigenvalue weighted by molar-refractivity contribution is 0.0428. The smallest absolute Gasteiger partial charge is 0.407 e. The van der Waals surface area contributed by atoms with Crippen LogP contribution < -0.4 is 5.32 Å². The van der Waals surface area contributed by atoms with E-state index in [1.54, 1.807) is 0 Å². The van der Waals surface area contributed by atoms with E-state index >= 15 is 0 Å². The largest absolute Gasteiger partial charge is 0.444 e. The van der Waals surface area contributed by atoms with Crippen molar-refractivity contribution in [3.63, 3.8) is 0 Å². The van der Waals surface area contributed by atoms with Crippen LogP contribution in [-0.4, -0.2) is 30.0 Å². The van der Waals surface area contributed by atoms with Gasteiger partial charge in [0, 0.05) is 12.0 Å². The van der Waals surface area contributed by atoms with Crippen molar-refractivity contribution in [3.8, 4) is 0 Å². The standard InChI is InChI=1S/C16H33NO3/c1-7-9-13(3)10-16(8-2,12-18)11-17-14(19)20-15(4,5)6/h13,18H,7-12H2,1-6H3,(H,17,19). The van der Waals surface area contributed by atoms with Gasteiger partial charge in [0.1, 0.15) is 5.60 Å². The average molecular weight is 287 g/mol. The van der Waals surface area contributed by atoms with E-state index in [0.717, 1.165) is 25.7 Å². The van der Waals surface area contributed by atoms with Gasteiger partial charge in [-0.1, -0.05) is 33.6 Å². The van der Waals surface area contributed by atoms with Gasteiger partial charge in [-0.15, -0.1) is 0 Å². The van der Waals surface area contributed by atoms with E-state index in [-0.39, 0.29) is 12.0 Å². The van der Waals surface area contributed by atoms with Gasteiger partial charge in [-0.25, -0.2) is 4.79 Å². The zero-order chi connectivity index (χ0) is 15.8. The number of ether oxygens (including phenoxy) is 1. The zero-order valence-electron chi connectivity index (χ0n) is 14.1. The number of alkyl carbamates (subject to hydrolysis) is 1. The molecule has 0 aromatic heterocycles. The molecule has 0 saturated carbocycles. The first-order valence-electron chi connectivity index (χ1n) is 7.75. The first-order valence-corrected chi connectivity index (χ1v) is 7.75. The molecular weight excluding hydrogens is 254 g/mol. The third-order valence-electron chi connectivity index (χ3n) is 3.65. The summed E-state index contributed by atoms with van der Waals surface area (Å²) in [7, 11) is 0. The molecule has 20 heavy (non-hydrogen) atoms. The Morgan fingerprint density at radius 3 is 2.30 bits per heavy atom. The fraction of sp³-hybridized carbons (Fsp3) is 0.938.